The van der Waals surface area contributed by atoms with Gasteiger partial charge in [-0.2, -0.15) is 0 Å². The highest BCUT2D eigenvalue weighted by atomic mass is 79.9. The lowest BCUT2D eigenvalue weighted by Gasteiger charge is -2.11. The molecule has 0 spiro atoms. The first-order valence-corrected chi connectivity index (χ1v) is 7.11. The van der Waals surface area contributed by atoms with Gasteiger partial charge >= 0.3 is 0 Å². The molecule has 0 aliphatic rings. The maximum atomic E-state index is 12.3. The number of carbonyl (C=O) groups excluding carboxylic acids is 1. The van der Waals surface area contributed by atoms with Crippen LogP contribution < -0.4 is 11.1 Å². The van der Waals surface area contributed by atoms with E-state index >= 15 is 0 Å². The van der Waals surface area contributed by atoms with Gasteiger partial charge in [-0.25, -0.2) is 0 Å². The molecule has 0 atom stereocenters. The van der Waals surface area contributed by atoms with Crippen LogP contribution in [-0.4, -0.2) is 5.91 Å². The van der Waals surface area contributed by atoms with Crippen LogP contribution in [0, 0.1) is 20.8 Å². The van der Waals surface area contributed by atoms with Crippen molar-refractivity contribution < 1.29 is 4.79 Å². The number of nitrogens with one attached hydrogen (secondary N) is 1. The first-order chi connectivity index (χ1) is 9.36. The molecule has 0 heterocycles. The molecule has 0 bridgehead atoms. The van der Waals surface area contributed by atoms with Crippen LogP contribution >= 0.6 is 15.9 Å². The number of halogens is 1. The third-order valence-corrected chi connectivity index (χ3v) is 3.74. The van der Waals surface area contributed by atoms with Crippen LogP contribution in [0.4, 0.5) is 11.4 Å². The lowest BCUT2D eigenvalue weighted by atomic mass is 10.1. The molecule has 0 aromatic heterocycles. The van der Waals surface area contributed by atoms with Crippen LogP contribution in [0.15, 0.2) is 34.8 Å². The van der Waals surface area contributed by atoms with Gasteiger partial charge in [-0.1, -0.05) is 17.2 Å². The molecule has 0 saturated carbocycles. The Hall–Kier alpha value is -1.81. The van der Waals surface area contributed by atoms with Crippen molar-refractivity contribution in [2.45, 2.75) is 20.8 Å². The second kappa shape index (κ2) is 5.67. The molecule has 2 aromatic carbocycles. The van der Waals surface area contributed by atoms with Crippen molar-refractivity contribution in [2.24, 2.45) is 0 Å². The summed E-state index contributed by atoms with van der Waals surface area (Å²) >= 11 is 3.44. The van der Waals surface area contributed by atoms with Gasteiger partial charge in [0.05, 0.1) is 5.69 Å². The normalized spacial score (nSPS) is 10.4. The monoisotopic (exact) mass is 332 g/mol. The lowest BCUT2D eigenvalue weighted by Crippen LogP contribution is -2.13. The number of anilines is 2. The summed E-state index contributed by atoms with van der Waals surface area (Å²) in [5, 5.41) is 2.88. The Balaban J connectivity index is 2.30. The van der Waals surface area contributed by atoms with E-state index in [-0.39, 0.29) is 5.91 Å². The van der Waals surface area contributed by atoms with Crippen molar-refractivity contribution >= 4 is 33.2 Å². The number of nitrogens with two attached hydrogens (primary N) is 1. The van der Waals surface area contributed by atoms with E-state index in [2.05, 4.69) is 21.2 Å². The molecule has 3 N–H and O–H groups in total. The molecule has 0 aliphatic carbocycles. The van der Waals surface area contributed by atoms with Crippen LogP contribution in [0.3, 0.4) is 0 Å². The van der Waals surface area contributed by atoms with Gasteiger partial charge in [-0.05, 0) is 66.5 Å². The van der Waals surface area contributed by atoms with Crippen LogP contribution in [0.1, 0.15) is 27.0 Å². The number of rotatable bonds is 2. The van der Waals surface area contributed by atoms with E-state index < -0.39 is 0 Å². The summed E-state index contributed by atoms with van der Waals surface area (Å²) in [6.45, 7) is 5.88. The molecular weight excluding hydrogens is 316 g/mol. The van der Waals surface area contributed by atoms with Gasteiger partial charge in [-0.15, -0.1) is 0 Å². The summed E-state index contributed by atoms with van der Waals surface area (Å²) < 4.78 is 0.821. The van der Waals surface area contributed by atoms with Gasteiger partial charge in [0.2, 0.25) is 0 Å². The summed E-state index contributed by atoms with van der Waals surface area (Å²) in [6.07, 6.45) is 0. The van der Waals surface area contributed by atoms with Crippen molar-refractivity contribution in [1.29, 1.82) is 0 Å². The number of carbonyl (C=O) groups is 1. The minimum atomic E-state index is -0.138. The number of hydrogen-bond donors (Lipinski definition) is 2. The molecule has 0 saturated heterocycles. The van der Waals surface area contributed by atoms with Crippen molar-refractivity contribution in [3.63, 3.8) is 0 Å². The Labute approximate surface area is 127 Å². The summed E-state index contributed by atoms with van der Waals surface area (Å²) in [4.78, 5) is 12.3. The fraction of sp³-hybridized carbons (Fsp3) is 0.188. The molecule has 2 aromatic rings. The molecule has 2 rings (SSSR count). The van der Waals surface area contributed by atoms with Gasteiger partial charge in [0.1, 0.15) is 0 Å². The largest absolute Gasteiger partial charge is 0.398 e. The molecule has 4 heteroatoms. The van der Waals surface area contributed by atoms with Gasteiger partial charge in [0.25, 0.3) is 5.91 Å². The third-order valence-electron chi connectivity index (χ3n) is 3.09. The summed E-state index contributed by atoms with van der Waals surface area (Å²) in [6, 6.07) is 9.44. The van der Waals surface area contributed by atoms with Crippen molar-refractivity contribution in [1.82, 2.24) is 0 Å². The van der Waals surface area contributed by atoms with E-state index in [1.807, 2.05) is 45.0 Å². The highest BCUT2D eigenvalue weighted by Crippen LogP contribution is 2.28. The topological polar surface area (TPSA) is 55.1 Å². The second-order valence-corrected chi connectivity index (χ2v) is 5.87. The summed E-state index contributed by atoms with van der Waals surface area (Å²) in [7, 11) is 0. The first kappa shape index (κ1) is 14.6. The minimum Gasteiger partial charge on any atom is -0.398 e. The SMILES string of the molecule is Cc1cc(C)cc(C(=O)Nc2cc(N)c(C)cc2Br)c1. The summed E-state index contributed by atoms with van der Waals surface area (Å²) in [5.41, 5.74) is 11.0. The standard InChI is InChI=1S/C16H17BrN2O/c1-9-4-10(2)6-12(5-9)16(20)19-15-8-14(18)11(3)7-13(15)17/h4-8H,18H2,1-3H3,(H,19,20). The van der Waals surface area contributed by atoms with Gasteiger partial charge in [0, 0.05) is 15.7 Å². The van der Waals surface area contributed by atoms with Gasteiger partial charge in [-0.3, -0.25) is 4.79 Å². The number of aryl methyl sites for hydroxylation is 3. The maximum absolute atomic E-state index is 12.3. The fourth-order valence-electron chi connectivity index (χ4n) is 2.09. The number of nitrogen functional groups attached to an aromatic ring is 1. The predicted molar refractivity (Wildman–Crippen MR) is 87.2 cm³/mol. The molecule has 3 nitrogen and oxygen atoms in total. The smallest absolute Gasteiger partial charge is 0.255 e. The van der Waals surface area contributed by atoms with Crippen molar-refractivity contribution in [2.75, 3.05) is 11.1 Å². The number of hydrogen-bond acceptors (Lipinski definition) is 2. The predicted octanol–water partition coefficient (Wildman–Crippen LogP) is 4.21. The lowest BCUT2D eigenvalue weighted by molar-refractivity contribution is 0.102. The molecule has 0 radical (unpaired) electrons. The van der Waals surface area contributed by atoms with Gasteiger partial charge < -0.3 is 11.1 Å². The van der Waals surface area contributed by atoms with E-state index in [1.54, 1.807) is 6.07 Å². The van der Waals surface area contributed by atoms with Crippen molar-refractivity contribution in [3.05, 3.63) is 57.1 Å². The third kappa shape index (κ3) is 3.20. The van der Waals surface area contributed by atoms with E-state index in [0.29, 0.717) is 16.9 Å². The first-order valence-electron chi connectivity index (χ1n) is 6.32. The number of benzene rings is 2. The second-order valence-electron chi connectivity index (χ2n) is 5.02. The molecule has 0 aliphatic heterocycles. The average molecular weight is 333 g/mol. The molecule has 20 heavy (non-hydrogen) atoms. The van der Waals surface area contributed by atoms with E-state index in [9.17, 15) is 4.79 Å². The van der Waals surface area contributed by atoms with Crippen LogP contribution in [0.2, 0.25) is 0 Å². The quantitative estimate of drug-likeness (QED) is 0.809. The zero-order chi connectivity index (χ0) is 14.9. The molecular formula is C16H17BrN2O. The van der Waals surface area contributed by atoms with Gasteiger partial charge in [0.15, 0.2) is 0 Å². The molecule has 104 valence electrons. The highest BCUT2D eigenvalue weighted by molar-refractivity contribution is 9.10. The fourth-order valence-corrected chi connectivity index (χ4v) is 2.64. The van der Waals surface area contributed by atoms with E-state index in [0.717, 1.165) is 21.2 Å². The van der Waals surface area contributed by atoms with Crippen LogP contribution in [0.5, 0.6) is 0 Å². The van der Waals surface area contributed by atoms with E-state index in [1.165, 1.54) is 0 Å². The number of amides is 1. The molecule has 0 unspecified atom stereocenters. The Bertz CT molecular complexity index is 660. The Kier molecular flexibility index (Phi) is 4.14. The zero-order valence-corrected chi connectivity index (χ0v) is 13.3. The van der Waals surface area contributed by atoms with E-state index in [4.69, 9.17) is 5.73 Å². The Morgan fingerprint density at radius 3 is 2.25 bits per heavy atom. The van der Waals surface area contributed by atoms with Crippen molar-refractivity contribution in [3.8, 4) is 0 Å². The Morgan fingerprint density at radius 2 is 1.65 bits per heavy atom. The molecule has 1 amide bonds. The van der Waals surface area contributed by atoms with Crippen LogP contribution in [-0.2, 0) is 0 Å². The zero-order valence-electron chi connectivity index (χ0n) is 11.8. The Morgan fingerprint density at radius 1 is 1.05 bits per heavy atom. The summed E-state index contributed by atoms with van der Waals surface area (Å²) in [5.74, 6) is -0.138. The highest BCUT2D eigenvalue weighted by Gasteiger charge is 2.10. The minimum absolute atomic E-state index is 0.138. The average Bonchev–Trinajstić information content (AvgIpc) is 2.34. The molecule has 0 fully saturated rings. The maximum Gasteiger partial charge on any atom is 0.255 e. The van der Waals surface area contributed by atoms with Crippen LogP contribution in [0.25, 0.3) is 0 Å².